The molecule has 164 valence electrons. The molecule has 0 spiro atoms. The first-order valence-corrected chi connectivity index (χ1v) is 11.6. The third-order valence-electron chi connectivity index (χ3n) is 4.64. The van der Waals surface area contributed by atoms with Crippen molar-refractivity contribution in [2.75, 3.05) is 24.8 Å². The number of ether oxygens (including phenoxy) is 2. The second kappa shape index (κ2) is 10.0. The maximum absolute atomic E-state index is 13.0. The first-order chi connectivity index (χ1) is 14.1. The predicted octanol–water partition coefficient (Wildman–Crippen LogP) is 3.85. The van der Waals surface area contributed by atoms with Crippen LogP contribution in [0.1, 0.15) is 36.2 Å². The molecule has 0 saturated carbocycles. The number of hydrogen-bond acceptors (Lipinski definition) is 5. The number of rotatable bonds is 9. The second-order valence-electron chi connectivity index (χ2n) is 6.90. The summed E-state index contributed by atoms with van der Waals surface area (Å²) in [5.41, 5.74) is 1.09. The minimum Gasteiger partial charge on any atom is -0.493 e. The third kappa shape index (κ3) is 5.79. The summed E-state index contributed by atoms with van der Waals surface area (Å²) in [5.74, 6) is 0.248. The Bertz CT molecular complexity index is 993. The van der Waals surface area contributed by atoms with Crippen molar-refractivity contribution >= 4 is 33.2 Å². The van der Waals surface area contributed by atoms with Crippen molar-refractivity contribution < 1.29 is 22.7 Å². The Morgan fingerprint density at radius 2 is 1.70 bits per heavy atom. The van der Waals surface area contributed by atoms with Gasteiger partial charge in [-0.05, 0) is 37.1 Å². The summed E-state index contributed by atoms with van der Waals surface area (Å²) in [5, 5.41) is 3.42. The fourth-order valence-corrected chi connectivity index (χ4v) is 3.81. The van der Waals surface area contributed by atoms with E-state index in [1.54, 1.807) is 24.3 Å². The number of anilines is 1. The van der Waals surface area contributed by atoms with Gasteiger partial charge in [0.25, 0.3) is 5.91 Å². The molecule has 0 bridgehead atoms. The fraction of sp³-hybridized carbons (Fsp3) is 0.381. The van der Waals surface area contributed by atoms with Crippen molar-refractivity contribution in [2.45, 2.75) is 32.9 Å². The van der Waals surface area contributed by atoms with Crippen LogP contribution in [0.25, 0.3) is 0 Å². The van der Waals surface area contributed by atoms with Crippen molar-refractivity contribution in [1.29, 1.82) is 0 Å². The molecule has 1 N–H and O–H groups in total. The van der Waals surface area contributed by atoms with Crippen LogP contribution in [0, 0.1) is 0 Å². The number of amides is 1. The van der Waals surface area contributed by atoms with Gasteiger partial charge < -0.3 is 14.8 Å². The van der Waals surface area contributed by atoms with Crippen LogP contribution in [0.5, 0.6) is 11.5 Å². The quantitative estimate of drug-likeness (QED) is 0.622. The lowest BCUT2D eigenvalue weighted by Crippen LogP contribution is -2.35. The van der Waals surface area contributed by atoms with Crippen LogP contribution < -0.4 is 19.1 Å². The van der Waals surface area contributed by atoms with Gasteiger partial charge in [-0.15, -0.1) is 0 Å². The van der Waals surface area contributed by atoms with Crippen molar-refractivity contribution in [2.24, 2.45) is 0 Å². The second-order valence-corrected chi connectivity index (χ2v) is 9.25. The molecule has 0 heterocycles. The number of methoxy groups -OCH3 is 2. The zero-order valence-electron chi connectivity index (χ0n) is 17.7. The van der Waals surface area contributed by atoms with Crippen LogP contribution >= 0.6 is 11.6 Å². The largest absolute Gasteiger partial charge is 0.493 e. The van der Waals surface area contributed by atoms with Crippen molar-refractivity contribution in [3.05, 3.63) is 52.5 Å². The molecule has 0 aromatic heterocycles. The molecule has 0 aliphatic carbocycles. The first kappa shape index (κ1) is 23.8. The van der Waals surface area contributed by atoms with Crippen molar-refractivity contribution in [1.82, 2.24) is 5.32 Å². The van der Waals surface area contributed by atoms with E-state index >= 15 is 0 Å². The lowest BCUT2D eigenvalue weighted by atomic mass is 10.1. The van der Waals surface area contributed by atoms with E-state index in [0.717, 1.165) is 12.7 Å². The lowest BCUT2D eigenvalue weighted by Gasteiger charge is -2.26. The highest BCUT2D eigenvalue weighted by Gasteiger charge is 2.27. The monoisotopic (exact) mass is 454 g/mol. The Kier molecular flexibility index (Phi) is 7.97. The molecule has 0 saturated heterocycles. The predicted molar refractivity (Wildman–Crippen MR) is 119 cm³/mol. The van der Waals surface area contributed by atoms with Crippen LogP contribution in [0.4, 0.5) is 5.69 Å². The zero-order valence-corrected chi connectivity index (χ0v) is 19.3. The maximum Gasteiger partial charge on any atom is 0.253 e. The smallest absolute Gasteiger partial charge is 0.253 e. The van der Waals surface area contributed by atoms with Crippen LogP contribution in [0.2, 0.25) is 5.02 Å². The standard InChI is InChI=1S/C21H27ClN2O5S/c1-6-14(2)23-21(25)17-11-19(28-3)20(29-4)12-18(17)24(30(5,26)27)13-15-7-9-16(22)10-8-15/h7-12,14H,6,13H2,1-5H3,(H,23,25). The molecular weight excluding hydrogens is 428 g/mol. The number of hydrogen-bond donors (Lipinski definition) is 1. The molecule has 2 rings (SSSR count). The molecule has 1 amide bonds. The molecule has 9 heteroatoms. The molecule has 1 unspecified atom stereocenters. The Hall–Kier alpha value is -2.45. The van der Waals surface area contributed by atoms with Gasteiger partial charge in [0.05, 0.1) is 38.3 Å². The summed E-state index contributed by atoms with van der Waals surface area (Å²) in [6, 6.07) is 9.75. The van der Waals surface area contributed by atoms with E-state index in [1.807, 2.05) is 13.8 Å². The van der Waals surface area contributed by atoms with Crippen LogP contribution in [0.15, 0.2) is 36.4 Å². The van der Waals surface area contributed by atoms with E-state index < -0.39 is 15.9 Å². The van der Waals surface area contributed by atoms with Gasteiger partial charge in [-0.25, -0.2) is 8.42 Å². The SMILES string of the molecule is CCC(C)NC(=O)c1cc(OC)c(OC)cc1N(Cc1ccc(Cl)cc1)S(C)(=O)=O. The summed E-state index contributed by atoms with van der Waals surface area (Å²) in [7, 11) is -0.834. The van der Waals surface area contributed by atoms with Gasteiger partial charge in [-0.2, -0.15) is 0 Å². The highest BCUT2D eigenvalue weighted by Crippen LogP contribution is 2.37. The number of benzene rings is 2. The fourth-order valence-electron chi connectivity index (χ4n) is 2.80. The van der Waals surface area contributed by atoms with Gasteiger partial charge in [0, 0.05) is 17.1 Å². The molecule has 7 nitrogen and oxygen atoms in total. The summed E-state index contributed by atoms with van der Waals surface area (Å²) < 4.78 is 37.3. The van der Waals surface area contributed by atoms with Crippen molar-refractivity contribution in [3.63, 3.8) is 0 Å². The third-order valence-corrected chi connectivity index (χ3v) is 6.02. The number of sulfonamides is 1. The van der Waals surface area contributed by atoms with E-state index in [9.17, 15) is 13.2 Å². The molecule has 2 aromatic rings. The number of nitrogens with one attached hydrogen (secondary N) is 1. The molecule has 0 fully saturated rings. The molecule has 0 aliphatic rings. The van der Waals surface area contributed by atoms with Crippen molar-refractivity contribution in [3.8, 4) is 11.5 Å². The summed E-state index contributed by atoms with van der Waals surface area (Å²) in [6.07, 6.45) is 1.82. The molecule has 0 radical (unpaired) electrons. The Balaban J connectivity index is 2.64. The molecule has 0 aliphatic heterocycles. The molecule has 1 atom stereocenters. The van der Waals surface area contributed by atoms with Gasteiger partial charge in [0.1, 0.15) is 0 Å². The number of nitrogens with zero attached hydrogens (tertiary/aromatic N) is 1. The highest BCUT2D eigenvalue weighted by molar-refractivity contribution is 7.92. The average molecular weight is 455 g/mol. The summed E-state index contributed by atoms with van der Waals surface area (Å²) >= 11 is 5.94. The number of carbonyl (C=O) groups excluding carboxylic acids is 1. The van der Waals surface area contributed by atoms with Gasteiger partial charge in [-0.1, -0.05) is 30.7 Å². The lowest BCUT2D eigenvalue weighted by molar-refractivity contribution is 0.0939. The van der Waals surface area contributed by atoms with E-state index in [-0.39, 0.29) is 23.8 Å². The van der Waals surface area contributed by atoms with Crippen LogP contribution in [-0.2, 0) is 16.6 Å². The number of carbonyl (C=O) groups is 1. The Labute approximate surface area is 183 Å². The summed E-state index contributed by atoms with van der Waals surface area (Å²) in [4.78, 5) is 13.0. The number of halogens is 1. The average Bonchev–Trinajstić information content (AvgIpc) is 2.71. The first-order valence-electron chi connectivity index (χ1n) is 9.39. The van der Waals surface area contributed by atoms with E-state index in [4.69, 9.17) is 21.1 Å². The van der Waals surface area contributed by atoms with Gasteiger partial charge >= 0.3 is 0 Å². The molecule has 30 heavy (non-hydrogen) atoms. The minimum absolute atomic E-state index is 0.0229. The van der Waals surface area contributed by atoms with Gasteiger partial charge in [0.15, 0.2) is 11.5 Å². The molecular formula is C21H27ClN2O5S. The minimum atomic E-state index is -3.74. The summed E-state index contributed by atoms with van der Waals surface area (Å²) in [6.45, 7) is 3.85. The zero-order chi connectivity index (χ0) is 22.5. The highest BCUT2D eigenvalue weighted by atomic mass is 35.5. The molecule has 2 aromatic carbocycles. The van der Waals surface area contributed by atoms with Gasteiger partial charge in [-0.3, -0.25) is 9.10 Å². The topological polar surface area (TPSA) is 84.9 Å². The van der Waals surface area contributed by atoms with E-state index in [2.05, 4.69) is 5.32 Å². The van der Waals surface area contributed by atoms with Crippen LogP contribution in [0.3, 0.4) is 0 Å². The normalized spacial score (nSPS) is 12.2. The Morgan fingerprint density at radius 1 is 1.13 bits per heavy atom. The van der Waals surface area contributed by atoms with E-state index in [1.165, 1.54) is 30.7 Å². The van der Waals surface area contributed by atoms with Crippen LogP contribution in [-0.4, -0.2) is 40.8 Å². The maximum atomic E-state index is 13.0. The van der Waals surface area contributed by atoms with E-state index in [0.29, 0.717) is 22.1 Å². The van der Waals surface area contributed by atoms with Gasteiger partial charge in [0.2, 0.25) is 10.0 Å². The Morgan fingerprint density at radius 3 is 2.20 bits per heavy atom.